The van der Waals surface area contributed by atoms with Crippen molar-refractivity contribution in [3.63, 3.8) is 0 Å². The van der Waals surface area contributed by atoms with Crippen molar-refractivity contribution < 1.29 is 10.1 Å². The van der Waals surface area contributed by atoms with Gasteiger partial charge in [0.25, 0.3) is 0 Å². The number of hydrogen-bond donors (Lipinski definition) is 1. The summed E-state index contributed by atoms with van der Waals surface area (Å²) in [4.78, 5) is 4.16. The van der Waals surface area contributed by atoms with E-state index in [-0.39, 0.29) is 0 Å². The molecule has 0 fully saturated rings. The van der Waals surface area contributed by atoms with Crippen LogP contribution < -0.4 is 0 Å². The minimum atomic E-state index is 0.470. The van der Waals surface area contributed by atoms with Gasteiger partial charge in [-0.05, 0) is 38.0 Å². The maximum absolute atomic E-state index is 8.30. The lowest BCUT2D eigenvalue weighted by molar-refractivity contribution is -0.252. The number of rotatable bonds is 3. The van der Waals surface area contributed by atoms with Gasteiger partial charge in [-0.1, -0.05) is 18.6 Å². The van der Waals surface area contributed by atoms with Crippen LogP contribution in [0.5, 0.6) is 0 Å². The molecule has 2 nitrogen and oxygen atoms in total. The Morgan fingerprint density at radius 1 is 1.75 bits per heavy atom. The maximum atomic E-state index is 8.30. The predicted octanol–water partition coefficient (Wildman–Crippen LogP) is 2.86. The Morgan fingerprint density at radius 3 is 3.00 bits per heavy atom. The fourth-order valence-electron chi connectivity index (χ4n) is 1.76. The van der Waals surface area contributed by atoms with Gasteiger partial charge in [-0.25, -0.2) is 4.89 Å². The summed E-state index contributed by atoms with van der Waals surface area (Å²) in [5.41, 5.74) is 1.50. The van der Waals surface area contributed by atoms with Gasteiger partial charge in [0.1, 0.15) is 0 Å². The van der Waals surface area contributed by atoms with Gasteiger partial charge in [0.05, 0.1) is 6.61 Å². The first-order chi connectivity index (χ1) is 5.74. The Morgan fingerprint density at radius 2 is 2.50 bits per heavy atom. The fourth-order valence-corrected chi connectivity index (χ4v) is 1.76. The largest absolute Gasteiger partial charge is 0.252 e. The van der Waals surface area contributed by atoms with Gasteiger partial charge in [0.2, 0.25) is 0 Å². The van der Waals surface area contributed by atoms with Gasteiger partial charge in [-0.15, -0.1) is 0 Å². The highest BCUT2D eigenvalue weighted by atomic mass is 17.1. The molecule has 12 heavy (non-hydrogen) atoms. The van der Waals surface area contributed by atoms with E-state index in [1.54, 1.807) is 0 Å². The summed E-state index contributed by atoms with van der Waals surface area (Å²) in [6.45, 7) is 4.79. The van der Waals surface area contributed by atoms with Crippen LogP contribution in [0.15, 0.2) is 11.6 Å². The summed E-state index contributed by atoms with van der Waals surface area (Å²) < 4.78 is 0. The molecular weight excluding hydrogens is 152 g/mol. The molecule has 0 heterocycles. The van der Waals surface area contributed by atoms with E-state index in [9.17, 15) is 0 Å². The van der Waals surface area contributed by atoms with E-state index in [0.29, 0.717) is 18.4 Å². The summed E-state index contributed by atoms with van der Waals surface area (Å²) in [6, 6.07) is 0. The molecule has 0 saturated carbocycles. The SMILES string of the molecule is CC1=CC[C@H](C(C)COO)CC1. The molecule has 0 aromatic carbocycles. The Hall–Kier alpha value is -0.340. The molecule has 1 aliphatic rings. The third-order valence-corrected chi connectivity index (χ3v) is 2.82. The lowest BCUT2D eigenvalue weighted by Gasteiger charge is -2.25. The van der Waals surface area contributed by atoms with Crippen molar-refractivity contribution in [1.29, 1.82) is 0 Å². The first-order valence-corrected chi connectivity index (χ1v) is 4.66. The van der Waals surface area contributed by atoms with E-state index in [4.69, 9.17) is 5.26 Å². The second-order valence-corrected chi connectivity index (χ2v) is 3.86. The molecule has 0 spiro atoms. The number of allylic oxidation sites excluding steroid dienone is 2. The van der Waals surface area contributed by atoms with Crippen LogP contribution >= 0.6 is 0 Å². The lowest BCUT2D eigenvalue weighted by Crippen LogP contribution is -2.18. The molecule has 0 aliphatic heterocycles. The van der Waals surface area contributed by atoms with Crippen LogP contribution in [0, 0.1) is 11.8 Å². The van der Waals surface area contributed by atoms with Gasteiger partial charge >= 0.3 is 0 Å². The van der Waals surface area contributed by atoms with Crippen LogP contribution in [0.1, 0.15) is 33.1 Å². The molecule has 2 atom stereocenters. The molecule has 1 aliphatic carbocycles. The molecule has 0 radical (unpaired) electrons. The molecule has 2 heteroatoms. The molecular formula is C10H18O2. The fraction of sp³-hybridized carbons (Fsp3) is 0.800. The quantitative estimate of drug-likeness (QED) is 0.401. The van der Waals surface area contributed by atoms with Crippen molar-refractivity contribution in [2.45, 2.75) is 33.1 Å². The molecule has 70 valence electrons. The van der Waals surface area contributed by atoms with E-state index >= 15 is 0 Å². The van der Waals surface area contributed by atoms with Gasteiger partial charge in [-0.2, -0.15) is 0 Å². The second-order valence-electron chi connectivity index (χ2n) is 3.86. The monoisotopic (exact) mass is 170 g/mol. The van der Waals surface area contributed by atoms with Crippen LogP contribution in [0.2, 0.25) is 0 Å². The summed E-state index contributed by atoms with van der Waals surface area (Å²) in [7, 11) is 0. The average molecular weight is 170 g/mol. The van der Waals surface area contributed by atoms with Gasteiger partial charge in [0, 0.05) is 0 Å². The summed E-state index contributed by atoms with van der Waals surface area (Å²) in [5.74, 6) is 1.17. The van der Waals surface area contributed by atoms with Gasteiger partial charge < -0.3 is 0 Å². The second kappa shape index (κ2) is 4.63. The van der Waals surface area contributed by atoms with E-state index in [1.165, 1.54) is 18.4 Å². The van der Waals surface area contributed by atoms with E-state index in [1.807, 2.05) is 0 Å². The third-order valence-electron chi connectivity index (χ3n) is 2.82. The molecule has 1 N–H and O–H groups in total. The van der Waals surface area contributed by atoms with Crippen LogP contribution in [0.25, 0.3) is 0 Å². The highest BCUT2D eigenvalue weighted by Gasteiger charge is 2.19. The highest BCUT2D eigenvalue weighted by Crippen LogP contribution is 2.28. The van der Waals surface area contributed by atoms with E-state index in [2.05, 4.69) is 24.8 Å². The molecule has 0 amide bonds. The van der Waals surface area contributed by atoms with Crippen molar-refractivity contribution in [3.8, 4) is 0 Å². The van der Waals surface area contributed by atoms with Gasteiger partial charge in [-0.3, -0.25) is 5.26 Å². The molecule has 1 unspecified atom stereocenters. The minimum absolute atomic E-state index is 0.470. The Labute approximate surface area is 74.2 Å². The summed E-state index contributed by atoms with van der Waals surface area (Å²) in [5, 5.41) is 8.30. The summed E-state index contributed by atoms with van der Waals surface area (Å²) >= 11 is 0. The first-order valence-electron chi connectivity index (χ1n) is 4.66. The standard InChI is InChI=1S/C10H18O2/c1-8-3-5-10(6-4-8)9(2)7-12-11/h3,9-11H,4-7H2,1-2H3/t9?,10-/m0/s1. The van der Waals surface area contributed by atoms with Crippen molar-refractivity contribution in [1.82, 2.24) is 0 Å². The van der Waals surface area contributed by atoms with Gasteiger partial charge in [0.15, 0.2) is 0 Å². The van der Waals surface area contributed by atoms with Crippen LogP contribution in [-0.2, 0) is 4.89 Å². The topological polar surface area (TPSA) is 29.5 Å². The Kier molecular flexibility index (Phi) is 3.76. The van der Waals surface area contributed by atoms with E-state index in [0.717, 1.165) is 6.42 Å². The van der Waals surface area contributed by atoms with Crippen LogP contribution in [0.4, 0.5) is 0 Å². The number of hydrogen-bond acceptors (Lipinski definition) is 2. The minimum Gasteiger partial charge on any atom is -0.252 e. The van der Waals surface area contributed by atoms with Crippen molar-refractivity contribution in [2.24, 2.45) is 11.8 Å². The molecule has 0 aromatic heterocycles. The zero-order valence-electron chi connectivity index (χ0n) is 7.92. The normalized spacial score (nSPS) is 26.6. The van der Waals surface area contributed by atoms with Crippen molar-refractivity contribution in [3.05, 3.63) is 11.6 Å². The summed E-state index contributed by atoms with van der Waals surface area (Å²) in [6.07, 6.45) is 5.91. The van der Waals surface area contributed by atoms with E-state index < -0.39 is 0 Å². The molecule has 0 saturated heterocycles. The predicted molar refractivity (Wildman–Crippen MR) is 48.8 cm³/mol. The first kappa shape index (κ1) is 9.75. The molecule has 0 aromatic rings. The maximum Gasteiger partial charge on any atom is 0.0848 e. The third kappa shape index (κ3) is 2.61. The zero-order chi connectivity index (χ0) is 8.97. The average Bonchev–Trinajstić information content (AvgIpc) is 2.06. The zero-order valence-corrected chi connectivity index (χ0v) is 7.92. The smallest absolute Gasteiger partial charge is 0.0848 e. The molecule has 0 bridgehead atoms. The van der Waals surface area contributed by atoms with Crippen LogP contribution in [-0.4, -0.2) is 11.9 Å². The Bertz CT molecular complexity index is 163. The Balaban J connectivity index is 2.34. The molecule has 1 rings (SSSR count). The van der Waals surface area contributed by atoms with Crippen molar-refractivity contribution in [2.75, 3.05) is 6.61 Å². The lowest BCUT2D eigenvalue weighted by atomic mass is 9.82. The van der Waals surface area contributed by atoms with Crippen LogP contribution in [0.3, 0.4) is 0 Å². The van der Waals surface area contributed by atoms with Crippen molar-refractivity contribution >= 4 is 0 Å². The highest BCUT2D eigenvalue weighted by molar-refractivity contribution is 5.03.